The Balaban J connectivity index is 1.90. The fourth-order valence-corrected chi connectivity index (χ4v) is 5.72. The van der Waals surface area contributed by atoms with Gasteiger partial charge in [0.05, 0.1) is 11.2 Å². The van der Waals surface area contributed by atoms with Crippen LogP contribution in [-0.4, -0.2) is 51.5 Å². The van der Waals surface area contributed by atoms with Crippen LogP contribution in [-0.2, 0) is 16.6 Å². The van der Waals surface area contributed by atoms with E-state index >= 15 is 0 Å². The van der Waals surface area contributed by atoms with Crippen LogP contribution in [0.4, 0.5) is 0 Å². The Morgan fingerprint density at radius 1 is 1.36 bits per heavy atom. The number of aromatic hydroxyl groups is 1. The number of nitrogens with zero attached hydrogens (tertiary/aromatic N) is 1. The number of amides is 1. The second kappa shape index (κ2) is 6.42. The average Bonchev–Trinajstić information content (AvgIpc) is 2.61. The maximum atomic E-state index is 12.5. The highest BCUT2D eigenvalue weighted by Gasteiger charge is 2.65. The lowest BCUT2D eigenvalue weighted by molar-refractivity contribution is -0.171. The van der Waals surface area contributed by atoms with E-state index < -0.39 is 16.9 Å². The normalized spacial score (nSPS) is 31.7. The van der Waals surface area contributed by atoms with Crippen LogP contribution in [0.15, 0.2) is 23.8 Å². The lowest BCUT2D eigenvalue weighted by atomic mass is 9.49. The molecule has 2 aliphatic carbocycles. The standard InChI is InChI=1S/C22H28N2O4/c1-13(2)6-9-24-10-8-21-12-15(25)5-7-22(21,28)17(24)11-14-3-4-16(20(23)27)19(26)18(14)21/h3-4,6,17,26,28H,5,7-12H2,1-2H3,(H2,23,27)/t17?,21-,22-/m1/s1. The smallest absolute Gasteiger partial charge is 0.252 e. The summed E-state index contributed by atoms with van der Waals surface area (Å²) in [6, 6.07) is 3.25. The first-order valence-electron chi connectivity index (χ1n) is 9.96. The van der Waals surface area contributed by atoms with Crippen LogP contribution >= 0.6 is 0 Å². The van der Waals surface area contributed by atoms with E-state index in [1.165, 1.54) is 5.57 Å². The molecule has 1 amide bonds. The van der Waals surface area contributed by atoms with Gasteiger partial charge in [-0.3, -0.25) is 14.5 Å². The number of piperidine rings is 1. The Morgan fingerprint density at radius 3 is 2.79 bits per heavy atom. The van der Waals surface area contributed by atoms with Crippen LogP contribution in [0.3, 0.4) is 0 Å². The van der Waals surface area contributed by atoms with Crippen molar-refractivity contribution in [2.75, 3.05) is 13.1 Å². The molecule has 4 N–H and O–H groups in total. The van der Waals surface area contributed by atoms with Crippen LogP contribution in [0, 0.1) is 0 Å². The van der Waals surface area contributed by atoms with Gasteiger partial charge in [-0.15, -0.1) is 0 Å². The first-order chi connectivity index (χ1) is 13.2. The molecule has 6 heteroatoms. The minimum absolute atomic E-state index is 0.0546. The van der Waals surface area contributed by atoms with E-state index in [1.807, 2.05) is 6.07 Å². The SMILES string of the molecule is CC(C)=CCN1CC[C@]23CC(=O)CC[C@@]2(O)C1Cc1ccc(C(N)=O)c(O)c13. The van der Waals surface area contributed by atoms with Gasteiger partial charge >= 0.3 is 0 Å². The van der Waals surface area contributed by atoms with Crippen LogP contribution in [0.2, 0.25) is 0 Å². The molecule has 2 bridgehead atoms. The van der Waals surface area contributed by atoms with Gasteiger partial charge in [0.25, 0.3) is 5.91 Å². The van der Waals surface area contributed by atoms with Crippen molar-refractivity contribution in [2.45, 2.75) is 63.0 Å². The second-order valence-corrected chi connectivity index (χ2v) is 8.83. The van der Waals surface area contributed by atoms with Gasteiger partial charge in [-0.05, 0) is 51.3 Å². The van der Waals surface area contributed by atoms with Gasteiger partial charge < -0.3 is 15.9 Å². The van der Waals surface area contributed by atoms with E-state index in [0.29, 0.717) is 31.2 Å². The van der Waals surface area contributed by atoms with Gasteiger partial charge in [0.15, 0.2) is 0 Å². The molecule has 150 valence electrons. The first-order valence-corrected chi connectivity index (χ1v) is 9.96. The minimum Gasteiger partial charge on any atom is -0.507 e. The number of Topliss-reactive ketones (excluding diaryl/α,β-unsaturated/α-hetero) is 1. The summed E-state index contributed by atoms with van der Waals surface area (Å²) in [4.78, 5) is 26.6. The number of ketones is 1. The minimum atomic E-state index is -1.12. The number of benzene rings is 1. The zero-order chi connectivity index (χ0) is 20.3. The third kappa shape index (κ3) is 2.54. The molecule has 1 aliphatic heterocycles. The number of hydrogen-bond acceptors (Lipinski definition) is 5. The van der Waals surface area contributed by atoms with E-state index in [2.05, 4.69) is 24.8 Å². The summed E-state index contributed by atoms with van der Waals surface area (Å²) in [5.41, 5.74) is 6.21. The Hall–Kier alpha value is -2.18. The summed E-state index contributed by atoms with van der Waals surface area (Å²) in [5, 5.41) is 22.9. The number of hydrogen-bond donors (Lipinski definition) is 3. The molecule has 1 aromatic rings. The third-order valence-corrected chi connectivity index (χ3v) is 7.09. The van der Waals surface area contributed by atoms with Crippen LogP contribution < -0.4 is 5.73 Å². The number of likely N-dealkylation sites (tertiary alicyclic amines) is 1. The number of fused-ring (bicyclic) bond motifs is 1. The Kier molecular flexibility index (Phi) is 4.39. The van der Waals surface area contributed by atoms with E-state index in [4.69, 9.17) is 5.73 Å². The van der Waals surface area contributed by atoms with Crippen molar-refractivity contribution in [2.24, 2.45) is 5.73 Å². The van der Waals surface area contributed by atoms with E-state index in [0.717, 1.165) is 18.7 Å². The first kappa shape index (κ1) is 19.2. The Labute approximate surface area is 165 Å². The third-order valence-electron chi connectivity index (χ3n) is 7.09. The van der Waals surface area contributed by atoms with Gasteiger partial charge in [-0.25, -0.2) is 0 Å². The molecule has 1 saturated carbocycles. The molecule has 1 heterocycles. The van der Waals surface area contributed by atoms with Crippen molar-refractivity contribution in [1.29, 1.82) is 0 Å². The maximum absolute atomic E-state index is 12.5. The largest absolute Gasteiger partial charge is 0.507 e. The molecular weight excluding hydrogens is 356 g/mol. The molecule has 4 rings (SSSR count). The highest BCUT2D eigenvalue weighted by Crippen LogP contribution is 2.59. The molecular formula is C22H28N2O4. The highest BCUT2D eigenvalue weighted by atomic mass is 16.3. The van der Waals surface area contributed by atoms with E-state index in [-0.39, 0.29) is 29.6 Å². The molecule has 0 aromatic heterocycles. The molecule has 1 saturated heterocycles. The van der Waals surface area contributed by atoms with Crippen molar-refractivity contribution < 1.29 is 19.8 Å². The molecule has 6 nitrogen and oxygen atoms in total. The van der Waals surface area contributed by atoms with Crippen molar-refractivity contribution in [3.05, 3.63) is 40.5 Å². The number of rotatable bonds is 3. The number of nitrogens with two attached hydrogens (primary N) is 1. The van der Waals surface area contributed by atoms with E-state index in [9.17, 15) is 19.8 Å². The summed E-state index contributed by atoms with van der Waals surface area (Å²) < 4.78 is 0. The monoisotopic (exact) mass is 384 g/mol. The van der Waals surface area contributed by atoms with E-state index in [1.54, 1.807) is 6.07 Å². The molecule has 1 aromatic carbocycles. The van der Waals surface area contributed by atoms with Gasteiger partial charge in [0.2, 0.25) is 0 Å². The summed E-state index contributed by atoms with van der Waals surface area (Å²) in [5.74, 6) is -0.766. The number of carbonyl (C=O) groups excluding carboxylic acids is 2. The van der Waals surface area contributed by atoms with Crippen molar-refractivity contribution in [1.82, 2.24) is 4.90 Å². The summed E-state index contributed by atoms with van der Waals surface area (Å²) in [7, 11) is 0. The Bertz CT molecular complexity index is 889. The van der Waals surface area contributed by atoms with Crippen LogP contribution in [0.25, 0.3) is 0 Å². The molecule has 1 unspecified atom stereocenters. The van der Waals surface area contributed by atoms with Crippen molar-refractivity contribution in [3.8, 4) is 5.75 Å². The van der Waals surface area contributed by atoms with Crippen molar-refractivity contribution in [3.63, 3.8) is 0 Å². The Morgan fingerprint density at radius 2 is 2.11 bits per heavy atom. The molecule has 0 spiro atoms. The predicted molar refractivity (Wildman–Crippen MR) is 105 cm³/mol. The number of phenols is 1. The topological polar surface area (TPSA) is 104 Å². The molecule has 2 fully saturated rings. The molecule has 3 atom stereocenters. The number of aliphatic hydroxyl groups is 1. The van der Waals surface area contributed by atoms with Crippen LogP contribution in [0.1, 0.15) is 61.0 Å². The van der Waals surface area contributed by atoms with Gasteiger partial charge in [-0.2, -0.15) is 0 Å². The fourth-order valence-electron chi connectivity index (χ4n) is 5.72. The number of allylic oxidation sites excluding steroid dienone is 1. The highest BCUT2D eigenvalue weighted by molar-refractivity contribution is 5.96. The number of primary amides is 1. The lowest BCUT2D eigenvalue weighted by Crippen LogP contribution is -2.73. The summed E-state index contributed by atoms with van der Waals surface area (Å²) >= 11 is 0. The van der Waals surface area contributed by atoms with Gasteiger partial charge in [0, 0.05) is 36.4 Å². The average molecular weight is 384 g/mol. The molecule has 0 radical (unpaired) electrons. The second-order valence-electron chi connectivity index (χ2n) is 8.83. The lowest BCUT2D eigenvalue weighted by Gasteiger charge is -2.63. The molecule has 28 heavy (non-hydrogen) atoms. The predicted octanol–water partition coefficient (Wildman–Crippen LogP) is 1.81. The van der Waals surface area contributed by atoms with Crippen molar-refractivity contribution >= 4 is 11.7 Å². The maximum Gasteiger partial charge on any atom is 0.252 e. The quantitative estimate of drug-likeness (QED) is 0.690. The fraction of sp³-hybridized carbons (Fsp3) is 0.545. The van der Waals surface area contributed by atoms with Gasteiger partial charge in [0.1, 0.15) is 11.5 Å². The molecule has 3 aliphatic rings. The zero-order valence-corrected chi connectivity index (χ0v) is 16.5. The summed E-state index contributed by atoms with van der Waals surface area (Å²) in [6.45, 7) is 5.59. The summed E-state index contributed by atoms with van der Waals surface area (Å²) in [6.07, 6.45) is 4.21. The zero-order valence-electron chi connectivity index (χ0n) is 16.5. The van der Waals surface area contributed by atoms with Crippen LogP contribution in [0.5, 0.6) is 5.75 Å². The number of carbonyl (C=O) groups is 2. The van der Waals surface area contributed by atoms with Gasteiger partial charge in [-0.1, -0.05) is 17.7 Å².